The summed E-state index contributed by atoms with van der Waals surface area (Å²) < 4.78 is 24.0. The minimum atomic E-state index is -1.15. The summed E-state index contributed by atoms with van der Waals surface area (Å²) in [6.45, 7) is 0.273. The summed E-state index contributed by atoms with van der Waals surface area (Å²) in [7, 11) is 1.60. The number of nitrogens with zero attached hydrogens (tertiary/aromatic N) is 2. The van der Waals surface area contributed by atoms with E-state index in [1.165, 1.54) is 23.2 Å². The Kier molecular flexibility index (Phi) is 6.61. The lowest BCUT2D eigenvalue weighted by atomic mass is 10.0. The maximum absolute atomic E-state index is 13.2. The number of aliphatic hydroxyl groups is 1. The van der Waals surface area contributed by atoms with E-state index in [0.29, 0.717) is 23.4 Å². The Bertz CT molecular complexity index is 1410. The van der Waals surface area contributed by atoms with Crippen molar-refractivity contribution in [3.63, 3.8) is 0 Å². The highest BCUT2D eigenvalue weighted by molar-refractivity contribution is 6.03. The van der Waals surface area contributed by atoms with Crippen LogP contribution in [0.2, 0.25) is 0 Å². The van der Waals surface area contributed by atoms with E-state index in [9.17, 15) is 19.1 Å². The number of halogens is 1. The number of fused-ring (bicyclic) bond motifs is 1. The summed E-state index contributed by atoms with van der Waals surface area (Å²) >= 11 is 0. The van der Waals surface area contributed by atoms with E-state index < -0.39 is 17.6 Å². The Morgan fingerprint density at radius 1 is 1.19 bits per heavy atom. The number of benzene rings is 2. The number of likely N-dealkylation sites (N-methyl/N-ethyl adjacent to an activating group) is 1. The molecule has 9 heteroatoms. The van der Waals surface area contributed by atoms with Gasteiger partial charge in [-0.1, -0.05) is 24.0 Å². The van der Waals surface area contributed by atoms with Gasteiger partial charge in [0.15, 0.2) is 5.60 Å². The lowest BCUT2D eigenvalue weighted by molar-refractivity contribution is -0.140. The molecule has 2 N–H and O–H groups in total. The van der Waals surface area contributed by atoms with Gasteiger partial charge in [0.25, 0.3) is 11.8 Å². The van der Waals surface area contributed by atoms with Gasteiger partial charge >= 0.3 is 0 Å². The van der Waals surface area contributed by atoms with Gasteiger partial charge in [-0.3, -0.25) is 14.6 Å². The molecule has 2 aliphatic heterocycles. The molecule has 5 rings (SSSR count). The van der Waals surface area contributed by atoms with Gasteiger partial charge < -0.3 is 24.8 Å². The second kappa shape index (κ2) is 10.0. The number of pyridine rings is 1. The van der Waals surface area contributed by atoms with Crippen LogP contribution in [-0.2, 0) is 16.0 Å². The van der Waals surface area contributed by atoms with Crippen molar-refractivity contribution in [2.75, 3.05) is 31.8 Å². The predicted molar refractivity (Wildman–Crippen MR) is 133 cm³/mol. The van der Waals surface area contributed by atoms with Gasteiger partial charge in [0, 0.05) is 18.8 Å². The van der Waals surface area contributed by atoms with Gasteiger partial charge in [-0.05, 0) is 60.0 Å². The maximum atomic E-state index is 13.2. The molecule has 2 aliphatic rings. The third kappa shape index (κ3) is 5.45. The van der Waals surface area contributed by atoms with Crippen molar-refractivity contribution in [1.82, 2.24) is 10.3 Å². The minimum Gasteiger partial charge on any atom is -0.489 e. The second-order valence-corrected chi connectivity index (χ2v) is 9.04. The molecule has 0 unspecified atom stereocenters. The molecule has 3 aromatic rings. The molecule has 0 bridgehead atoms. The van der Waals surface area contributed by atoms with Crippen LogP contribution in [0.5, 0.6) is 5.75 Å². The Hall–Kier alpha value is -4.26. The first-order valence-corrected chi connectivity index (χ1v) is 11.7. The SMILES string of the molecule is CN1C(=O)[C@@H](NC(=O)c2cc(Cc3ccc(F)cc3)ccn2)COc2ccc(C#CC3(O)COC3)cc21. The highest BCUT2D eigenvalue weighted by atomic mass is 19.1. The molecule has 1 saturated heterocycles. The Morgan fingerprint density at radius 2 is 1.97 bits per heavy atom. The van der Waals surface area contributed by atoms with Gasteiger partial charge in [-0.25, -0.2) is 4.39 Å². The van der Waals surface area contributed by atoms with Gasteiger partial charge in [0.1, 0.15) is 29.9 Å². The number of nitrogens with one attached hydrogen (secondary N) is 1. The first-order valence-electron chi connectivity index (χ1n) is 11.7. The highest BCUT2D eigenvalue weighted by Crippen LogP contribution is 2.31. The van der Waals surface area contributed by atoms with Crippen LogP contribution in [-0.4, -0.2) is 60.4 Å². The van der Waals surface area contributed by atoms with Crippen molar-refractivity contribution < 1.29 is 28.6 Å². The number of carbonyl (C=O) groups excluding carboxylic acids is 2. The van der Waals surface area contributed by atoms with Crippen LogP contribution in [0.15, 0.2) is 60.8 Å². The lowest BCUT2D eigenvalue weighted by Gasteiger charge is -2.30. The molecule has 1 fully saturated rings. The Labute approximate surface area is 213 Å². The molecule has 1 atom stereocenters. The predicted octanol–water partition coefficient (Wildman–Crippen LogP) is 2.08. The third-order valence-electron chi connectivity index (χ3n) is 6.16. The molecule has 2 amide bonds. The molecule has 0 radical (unpaired) electrons. The summed E-state index contributed by atoms with van der Waals surface area (Å²) in [6.07, 6.45) is 2.03. The first kappa shape index (κ1) is 24.4. The van der Waals surface area contributed by atoms with Crippen LogP contribution in [0.25, 0.3) is 0 Å². The van der Waals surface area contributed by atoms with Gasteiger partial charge in [-0.2, -0.15) is 0 Å². The van der Waals surface area contributed by atoms with Crippen LogP contribution < -0.4 is 15.0 Å². The molecule has 3 heterocycles. The molecule has 8 nitrogen and oxygen atoms in total. The van der Waals surface area contributed by atoms with Crippen molar-refractivity contribution in [1.29, 1.82) is 0 Å². The van der Waals surface area contributed by atoms with Crippen molar-refractivity contribution in [2.45, 2.75) is 18.1 Å². The molecule has 1 aromatic heterocycles. The monoisotopic (exact) mass is 501 g/mol. The summed E-state index contributed by atoms with van der Waals surface area (Å²) in [4.78, 5) is 31.7. The summed E-state index contributed by atoms with van der Waals surface area (Å²) in [5.41, 5.74) is 1.84. The minimum absolute atomic E-state index is 0.0563. The van der Waals surface area contributed by atoms with Crippen molar-refractivity contribution in [3.8, 4) is 17.6 Å². The van der Waals surface area contributed by atoms with Crippen molar-refractivity contribution in [2.24, 2.45) is 0 Å². The van der Waals surface area contributed by atoms with Crippen LogP contribution in [0.3, 0.4) is 0 Å². The first-order chi connectivity index (χ1) is 17.8. The number of ether oxygens (including phenoxy) is 2. The molecule has 0 saturated carbocycles. The van der Waals surface area contributed by atoms with E-state index >= 15 is 0 Å². The highest BCUT2D eigenvalue weighted by Gasteiger charge is 2.34. The fraction of sp³-hybridized carbons (Fsp3) is 0.250. The molecular weight excluding hydrogens is 477 g/mol. The molecule has 2 aromatic carbocycles. The average Bonchev–Trinajstić information content (AvgIpc) is 3.00. The Morgan fingerprint density at radius 3 is 2.70 bits per heavy atom. The quantitative estimate of drug-likeness (QED) is 0.531. The Balaban J connectivity index is 1.28. The van der Waals surface area contributed by atoms with Crippen LogP contribution >= 0.6 is 0 Å². The van der Waals surface area contributed by atoms with Crippen molar-refractivity contribution >= 4 is 17.5 Å². The van der Waals surface area contributed by atoms with Crippen LogP contribution in [0, 0.1) is 17.7 Å². The molecule has 188 valence electrons. The van der Waals surface area contributed by atoms with E-state index in [0.717, 1.165) is 11.1 Å². The fourth-order valence-corrected chi connectivity index (χ4v) is 4.01. The molecule has 0 spiro atoms. The summed E-state index contributed by atoms with van der Waals surface area (Å²) in [6, 6.07) is 13.8. The zero-order valence-electron chi connectivity index (χ0n) is 20.0. The molecule has 0 aliphatic carbocycles. The zero-order valence-corrected chi connectivity index (χ0v) is 20.0. The number of aromatic nitrogens is 1. The average molecular weight is 502 g/mol. The number of carbonyl (C=O) groups is 2. The smallest absolute Gasteiger partial charge is 0.270 e. The summed E-state index contributed by atoms with van der Waals surface area (Å²) in [5.74, 6) is 5.00. The maximum Gasteiger partial charge on any atom is 0.270 e. The van der Waals surface area contributed by atoms with E-state index in [1.807, 2.05) is 0 Å². The molecule has 37 heavy (non-hydrogen) atoms. The van der Waals surface area contributed by atoms with Gasteiger partial charge in [-0.15, -0.1) is 0 Å². The van der Waals surface area contributed by atoms with E-state index in [-0.39, 0.29) is 37.2 Å². The molecular formula is C28H24FN3O5. The van der Waals surface area contributed by atoms with Crippen LogP contribution in [0.1, 0.15) is 27.2 Å². The normalized spacial score (nSPS) is 17.9. The number of hydrogen-bond acceptors (Lipinski definition) is 6. The number of amides is 2. The number of anilines is 1. The topological polar surface area (TPSA) is 101 Å². The standard InChI is InChI=1S/C28H24FN3O5/c1-32-24-14-19(8-10-28(35)16-36-17-28)4-7-25(24)37-15-23(27(32)34)31-26(33)22-13-20(9-11-30-22)12-18-2-5-21(29)6-3-18/h2-7,9,11,13-14,23,35H,12,15-17H2,1H3,(H,31,33)/t23-/m0/s1. The van der Waals surface area contributed by atoms with Gasteiger partial charge in [0.05, 0.1) is 18.9 Å². The lowest BCUT2D eigenvalue weighted by Crippen LogP contribution is -2.49. The van der Waals surface area contributed by atoms with E-state index in [4.69, 9.17) is 9.47 Å². The van der Waals surface area contributed by atoms with Gasteiger partial charge in [0.2, 0.25) is 0 Å². The largest absolute Gasteiger partial charge is 0.489 e. The number of rotatable bonds is 4. The van der Waals surface area contributed by atoms with Crippen LogP contribution in [0.4, 0.5) is 10.1 Å². The van der Waals surface area contributed by atoms with E-state index in [1.54, 1.807) is 49.5 Å². The van der Waals surface area contributed by atoms with Crippen molar-refractivity contribution in [3.05, 3.63) is 89.0 Å². The second-order valence-electron chi connectivity index (χ2n) is 9.04. The third-order valence-corrected chi connectivity index (χ3v) is 6.16. The number of hydrogen-bond donors (Lipinski definition) is 2. The summed E-state index contributed by atoms with van der Waals surface area (Å²) in [5, 5.41) is 12.8. The zero-order chi connectivity index (χ0) is 26.0. The van der Waals surface area contributed by atoms with E-state index in [2.05, 4.69) is 22.1 Å². The fourth-order valence-electron chi connectivity index (χ4n) is 4.01.